The summed E-state index contributed by atoms with van der Waals surface area (Å²) in [7, 11) is 6.66. The molecule has 0 amide bonds. The van der Waals surface area contributed by atoms with Gasteiger partial charge in [-0.3, -0.25) is 0 Å². The normalized spacial score (nSPS) is 12.3. The van der Waals surface area contributed by atoms with Crippen LogP contribution in [0.25, 0.3) is 0 Å². The van der Waals surface area contributed by atoms with Crippen molar-refractivity contribution in [3.63, 3.8) is 0 Å². The summed E-state index contributed by atoms with van der Waals surface area (Å²) in [6.07, 6.45) is 0. The monoisotopic (exact) mass is 223 g/mol. The molecule has 16 heavy (non-hydrogen) atoms. The van der Waals surface area contributed by atoms with Crippen molar-refractivity contribution in [1.29, 1.82) is 0 Å². The van der Waals surface area contributed by atoms with Crippen LogP contribution in [0.15, 0.2) is 30.3 Å². The van der Waals surface area contributed by atoms with Gasteiger partial charge >= 0.3 is 0 Å². The predicted octanol–water partition coefficient (Wildman–Crippen LogP) is 1.21. The molecule has 1 unspecified atom stereocenters. The van der Waals surface area contributed by atoms with Gasteiger partial charge in [-0.25, -0.2) is 0 Å². The molecule has 3 heteroatoms. The molecule has 0 radical (unpaired) electrons. The zero-order valence-electron chi connectivity index (χ0n) is 10.7. The third kappa shape index (κ3) is 6.19. The number of nitrogens with zero attached hydrogens (tertiary/aromatic N) is 1. The van der Waals surface area contributed by atoms with Gasteiger partial charge in [-0.1, -0.05) is 30.3 Å². The molecule has 0 N–H and O–H groups in total. The number of carbonyl (C=O) groups excluding carboxylic acids is 1. The first-order chi connectivity index (χ1) is 7.25. The van der Waals surface area contributed by atoms with Crippen molar-refractivity contribution in [2.75, 3.05) is 21.1 Å². The lowest BCUT2D eigenvalue weighted by Crippen LogP contribution is -2.37. The van der Waals surface area contributed by atoms with E-state index in [1.807, 2.05) is 0 Å². The quantitative estimate of drug-likeness (QED) is 0.707. The van der Waals surface area contributed by atoms with E-state index in [2.05, 4.69) is 58.4 Å². The fraction of sp³-hybridized carbons (Fsp3) is 0.462. The van der Waals surface area contributed by atoms with E-state index >= 15 is 0 Å². The summed E-state index contributed by atoms with van der Waals surface area (Å²) in [6, 6.07) is 11.2. The Morgan fingerprint density at radius 1 is 1.19 bits per heavy atom. The Labute approximate surface area is 97.9 Å². The van der Waals surface area contributed by atoms with Crippen molar-refractivity contribution in [1.82, 2.24) is 0 Å². The van der Waals surface area contributed by atoms with E-state index in [0.29, 0.717) is 6.04 Å². The second-order valence-electron chi connectivity index (χ2n) is 4.69. The van der Waals surface area contributed by atoms with Crippen molar-refractivity contribution in [3.8, 4) is 0 Å². The minimum atomic E-state index is -1.08. The summed E-state index contributed by atoms with van der Waals surface area (Å²) in [5.74, 6) is -1.08. The number of carbonyl (C=O) groups is 1. The standard InChI is InChI=1S/C11H18N.C2H4O2/c1-10(12(2,3)4)11-8-6-5-7-9-11;1-2(3)4/h5-10H,1-4H3;1H3,(H,3,4)/q+1;/p-1. The number of quaternary nitrogens is 1. The van der Waals surface area contributed by atoms with Gasteiger partial charge < -0.3 is 14.4 Å². The van der Waals surface area contributed by atoms with Gasteiger partial charge in [-0.15, -0.1) is 0 Å². The highest BCUT2D eigenvalue weighted by Crippen LogP contribution is 2.21. The number of carboxylic acids is 1. The van der Waals surface area contributed by atoms with Crippen molar-refractivity contribution in [3.05, 3.63) is 35.9 Å². The molecular weight excluding hydrogens is 202 g/mol. The molecule has 0 saturated carbocycles. The molecule has 0 aliphatic heterocycles. The number of hydrogen-bond acceptors (Lipinski definition) is 2. The third-order valence-corrected chi connectivity index (χ3v) is 2.44. The van der Waals surface area contributed by atoms with Crippen LogP contribution in [-0.2, 0) is 4.79 Å². The van der Waals surface area contributed by atoms with E-state index in [9.17, 15) is 0 Å². The first-order valence-corrected chi connectivity index (χ1v) is 5.28. The van der Waals surface area contributed by atoms with Gasteiger partial charge in [-0.2, -0.15) is 0 Å². The summed E-state index contributed by atoms with van der Waals surface area (Å²) >= 11 is 0. The molecule has 90 valence electrons. The summed E-state index contributed by atoms with van der Waals surface area (Å²) in [5.41, 5.74) is 1.41. The van der Waals surface area contributed by atoms with E-state index in [0.717, 1.165) is 11.4 Å². The Hall–Kier alpha value is -1.35. The van der Waals surface area contributed by atoms with Crippen molar-refractivity contribution >= 4 is 5.97 Å². The fourth-order valence-electron chi connectivity index (χ4n) is 1.18. The highest BCUT2D eigenvalue weighted by atomic mass is 16.4. The molecule has 0 aliphatic carbocycles. The molecule has 3 nitrogen and oxygen atoms in total. The molecule has 1 aromatic carbocycles. The molecule has 0 fully saturated rings. The van der Waals surface area contributed by atoms with E-state index < -0.39 is 5.97 Å². The lowest BCUT2D eigenvalue weighted by molar-refractivity contribution is -0.900. The molecule has 1 atom stereocenters. The maximum absolute atomic E-state index is 8.89. The van der Waals surface area contributed by atoms with Crippen LogP contribution >= 0.6 is 0 Å². The van der Waals surface area contributed by atoms with Crippen molar-refractivity contribution in [2.45, 2.75) is 19.9 Å². The van der Waals surface area contributed by atoms with Crippen LogP contribution < -0.4 is 5.11 Å². The number of aliphatic carboxylic acids is 1. The maximum Gasteiger partial charge on any atom is 0.111 e. The highest BCUT2D eigenvalue weighted by molar-refractivity contribution is 5.60. The number of carboxylic acid groups (broad SMARTS) is 1. The van der Waals surface area contributed by atoms with Gasteiger partial charge in [0.05, 0.1) is 21.1 Å². The first-order valence-electron chi connectivity index (χ1n) is 5.28. The van der Waals surface area contributed by atoms with Gasteiger partial charge in [-0.05, 0) is 13.8 Å². The molecule has 1 rings (SSSR count). The Bertz CT molecular complexity index is 310. The predicted molar refractivity (Wildman–Crippen MR) is 63.6 cm³/mol. The SMILES string of the molecule is CC(=O)[O-].CC(c1ccccc1)[N+](C)(C)C. The van der Waals surface area contributed by atoms with Gasteiger partial charge in [0.15, 0.2) is 0 Å². The Kier molecular flexibility index (Phi) is 5.75. The van der Waals surface area contributed by atoms with Crippen LogP contribution in [0.5, 0.6) is 0 Å². The molecule has 0 aromatic heterocycles. The van der Waals surface area contributed by atoms with Gasteiger partial charge in [0.25, 0.3) is 0 Å². The second-order valence-corrected chi connectivity index (χ2v) is 4.69. The van der Waals surface area contributed by atoms with E-state index in [4.69, 9.17) is 9.90 Å². The van der Waals surface area contributed by atoms with Gasteiger partial charge in [0.1, 0.15) is 6.04 Å². The largest absolute Gasteiger partial charge is 0.550 e. The van der Waals surface area contributed by atoms with Crippen molar-refractivity contribution in [2.24, 2.45) is 0 Å². The zero-order valence-corrected chi connectivity index (χ0v) is 10.7. The minimum absolute atomic E-state index is 0.561. The van der Waals surface area contributed by atoms with Gasteiger partial charge in [0.2, 0.25) is 0 Å². The average Bonchev–Trinajstić information content (AvgIpc) is 2.16. The Balaban J connectivity index is 0.000000487. The number of hydrogen-bond donors (Lipinski definition) is 0. The molecular formula is C13H21NO2. The molecule has 0 heterocycles. The summed E-state index contributed by atoms with van der Waals surface area (Å²) < 4.78 is 0.976. The summed E-state index contributed by atoms with van der Waals surface area (Å²) in [6.45, 7) is 3.23. The average molecular weight is 223 g/mol. The highest BCUT2D eigenvalue weighted by Gasteiger charge is 2.19. The van der Waals surface area contributed by atoms with E-state index in [1.165, 1.54) is 5.56 Å². The summed E-state index contributed by atoms with van der Waals surface area (Å²) in [5, 5.41) is 8.89. The minimum Gasteiger partial charge on any atom is -0.550 e. The van der Waals surface area contributed by atoms with Crippen molar-refractivity contribution < 1.29 is 14.4 Å². The van der Waals surface area contributed by atoms with Gasteiger partial charge in [0, 0.05) is 11.5 Å². The smallest absolute Gasteiger partial charge is 0.111 e. The molecule has 0 spiro atoms. The van der Waals surface area contributed by atoms with Crippen LogP contribution in [0.2, 0.25) is 0 Å². The molecule has 0 saturated heterocycles. The van der Waals surface area contributed by atoms with Crippen LogP contribution in [-0.4, -0.2) is 31.6 Å². The number of benzene rings is 1. The van der Waals surface area contributed by atoms with Crippen LogP contribution in [0.3, 0.4) is 0 Å². The third-order valence-electron chi connectivity index (χ3n) is 2.44. The lowest BCUT2D eigenvalue weighted by Gasteiger charge is -2.31. The zero-order chi connectivity index (χ0) is 12.8. The van der Waals surface area contributed by atoms with E-state index in [-0.39, 0.29) is 0 Å². The number of rotatable bonds is 2. The maximum atomic E-state index is 8.89. The van der Waals surface area contributed by atoms with E-state index in [1.54, 1.807) is 0 Å². The fourth-order valence-corrected chi connectivity index (χ4v) is 1.18. The molecule has 1 aromatic rings. The second kappa shape index (κ2) is 6.28. The topological polar surface area (TPSA) is 40.1 Å². The molecule has 0 bridgehead atoms. The Morgan fingerprint density at radius 2 is 1.56 bits per heavy atom. The van der Waals surface area contributed by atoms with Crippen LogP contribution in [0, 0.1) is 0 Å². The lowest BCUT2D eigenvalue weighted by atomic mass is 10.1. The summed E-state index contributed by atoms with van der Waals surface area (Å²) in [4.78, 5) is 8.89. The first kappa shape index (κ1) is 14.6. The van der Waals surface area contributed by atoms with Crippen LogP contribution in [0.4, 0.5) is 0 Å². The molecule has 0 aliphatic rings. The Morgan fingerprint density at radius 3 is 1.88 bits per heavy atom. The van der Waals surface area contributed by atoms with Crippen LogP contribution in [0.1, 0.15) is 25.5 Å².